The number of nitrogens with zero attached hydrogens (tertiary/aromatic N) is 3. The number of rotatable bonds is 12. The number of aryl methyl sites for hydroxylation is 3. The number of ketones is 1. The highest BCUT2D eigenvalue weighted by Gasteiger charge is 2.32. The molecule has 17 heteroatoms. The normalized spacial score (nSPS) is 13.2. The van der Waals surface area contributed by atoms with E-state index >= 15 is 0 Å². The third kappa shape index (κ3) is 7.91. The average Bonchev–Trinajstić information content (AvgIpc) is 3.56. The van der Waals surface area contributed by atoms with Crippen molar-refractivity contribution in [3.63, 3.8) is 0 Å². The van der Waals surface area contributed by atoms with Gasteiger partial charge in [0.05, 0.1) is 35.1 Å². The lowest BCUT2D eigenvalue weighted by atomic mass is 10.0. The fourth-order valence-electron chi connectivity index (χ4n) is 4.87. The van der Waals surface area contributed by atoms with Gasteiger partial charge in [-0.2, -0.15) is 0 Å². The fourth-order valence-corrected chi connectivity index (χ4v) is 4.87. The molecule has 4 aromatic rings. The molecule has 9 N–H and O–H groups in total. The van der Waals surface area contributed by atoms with Gasteiger partial charge in [-0.15, -0.1) is 12.4 Å². The summed E-state index contributed by atoms with van der Waals surface area (Å²) in [6.45, 7) is 0.581. The first-order valence-electron chi connectivity index (χ1n) is 14.4. The van der Waals surface area contributed by atoms with Crippen molar-refractivity contribution < 1.29 is 28.7 Å². The van der Waals surface area contributed by atoms with E-state index in [9.17, 15) is 24.0 Å². The zero-order chi connectivity index (χ0) is 34.0. The number of hydrogen-bond acceptors (Lipinski definition) is 8. The van der Waals surface area contributed by atoms with Crippen molar-refractivity contribution in [1.82, 2.24) is 19.0 Å². The molecule has 0 aliphatic carbocycles. The first-order valence-corrected chi connectivity index (χ1v) is 14.4. The van der Waals surface area contributed by atoms with Crippen LogP contribution >= 0.6 is 12.4 Å². The number of nitrogens with one attached hydrogen (secondary N) is 5. The second kappa shape index (κ2) is 14.3. The third-order valence-electron chi connectivity index (χ3n) is 7.37. The van der Waals surface area contributed by atoms with Crippen LogP contribution in [0.4, 0.5) is 22.7 Å². The molecule has 1 fully saturated rings. The van der Waals surface area contributed by atoms with Gasteiger partial charge in [0.2, 0.25) is 0 Å². The van der Waals surface area contributed by atoms with Gasteiger partial charge >= 0.3 is 0 Å². The maximum atomic E-state index is 13.1. The molecule has 252 valence electrons. The Balaban J connectivity index is 0.00000520. The quantitative estimate of drug-likeness (QED) is 0.0384. The van der Waals surface area contributed by atoms with Crippen LogP contribution in [-0.2, 0) is 25.9 Å². The Labute approximate surface area is 280 Å². The van der Waals surface area contributed by atoms with Crippen LogP contribution in [0.15, 0.2) is 55.0 Å². The number of carbonyl (C=O) groups is 5. The number of anilines is 4. The topological polar surface area (TPSA) is 237 Å². The predicted molar refractivity (Wildman–Crippen MR) is 181 cm³/mol. The molecule has 3 aromatic heterocycles. The molecular weight excluding hydrogens is 644 g/mol. The monoisotopic (exact) mass is 678 g/mol. The third-order valence-corrected chi connectivity index (χ3v) is 7.37. The number of amides is 4. The Morgan fingerprint density at radius 2 is 1.25 bits per heavy atom. The summed E-state index contributed by atoms with van der Waals surface area (Å²) in [5, 5.41) is 18.1. The minimum Gasteiger partial charge on any atom is -0.398 e. The maximum Gasteiger partial charge on any atom is 0.272 e. The molecule has 16 nitrogen and oxygen atoms in total. The van der Waals surface area contributed by atoms with E-state index in [0.29, 0.717) is 34.9 Å². The highest BCUT2D eigenvalue weighted by molar-refractivity contribution is 6.11. The lowest BCUT2D eigenvalue weighted by Crippen LogP contribution is -2.28. The van der Waals surface area contributed by atoms with Gasteiger partial charge in [-0.25, -0.2) is 0 Å². The van der Waals surface area contributed by atoms with Crippen LogP contribution in [0.1, 0.15) is 58.6 Å². The van der Waals surface area contributed by atoms with Crippen molar-refractivity contribution in [1.29, 1.82) is 5.41 Å². The molecule has 5 rings (SSSR count). The van der Waals surface area contributed by atoms with E-state index in [1.54, 1.807) is 48.9 Å². The number of halogens is 1. The van der Waals surface area contributed by atoms with Gasteiger partial charge in [0.15, 0.2) is 5.78 Å². The second-order valence-corrected chi connectivity index (χ2v) is 11.1. The number of hydrogen-bond donors (Lipinski definition) is 7. The zero-order valence-corrected chi connectivity index (χ0v) is 27.1. The van der Waals surface area contributed by atoms with Crippen LogP contribution in [0.25, 0.3) is 0 Å². The van der Waals surface area contributed by atoms with Crippen molar-refractivity contribution in [2.24, 2.45) is 26.9 Å². The standard InChI is InChI=1S/C31H34N10O6.ClH/c1-39-13-18(9-22(39)29(44)35-7-6-26(33)34)37-31(46)24-11-19(14-41(24)3)38-30(45)23-10-17(12-40(23)2)36-28(43)20-5-4-16(8-21(20)32)27(42)25-15-47-25;/h4-5,8-14,25H,6-7,15,32H2,1-3H3,(H3,33,34)(H,35,44)(H,36,43)(H,37,46)(H,38,45);1H. The molecule has 1 aromatic carbocycles. The lowest BCUT2D eigenvalue weighted by Gasteiger charge is -2.07. The van der Waals surface area contributed by atoms with E-state index < -0.39 is 23.8 Å². The molecule has 1 atom stereocenters. The van der Waals surface area contributed by atoms with Crippen LogP contribution < -0.4 is 32.7 Å². The fraction of sp³-hybridized carbons (Fsp3) is 0.226. The number of ether oxygens (including phenoxy) is 1. The van der Waals surface area contributed by atoms with Crippen LogP contribution in [0.3, 0.4) is 0 Å². The average molecular weight is 679 g/mol. The van der Waals surface area contributed by atoms with Gasteiger partial charge in [0, 0.05) is 63.9 Å². The Bertz CT molecular complexity index is 1940. The lowest BCUT2D eigenvalue weighted by molar-refractivity contribution is 0.0941. The SMILES string of the molecule is Cl.Cn1cc(NC(=O)c2cc(NC(=O)c3cc(NC(=O)c4ccc(C(=O)C5CO5)cc4N)cn3C)cn2C)cc1C(=O)NCCC(=N)N. The zero-order valence-electron chi connectivity index (χ0n) is 26.2. The number of epoxide rings is 1. The number of Topliss-reactive ketones (excluding diaryl/α,β-unsaturated/α-hetero) is 1. The largest absolute Gasteiger partial charge is 0.398 e. The van der Waals surface area contributed by atoms with Crippen molar-refractivity contribution in [2.75, 3.05) is 34.8 Å². The molecule has 4 amide bonds. The summed E-state index contributed by atoms with van der Waals surface area (Å²) < 4.78 is 9.65. The van der Waals surface area contributed by atoms with Crippen molar-refractivity contribution in [3.8, 4) is 0 Å². The van der Waals surface area contributed by atoms with E-state index in [1.165, 1.54) is 41.0 Å². The summed E-state index contributed by atoms with van der Waals surface area (Å²) in [4.78, 5) is 63.8. The van der Waals surface area contributed by atoms with Crippen molar-refractivity contribution in [3.05, 3.63) is 83.2 Å². The Hall–Kier alpha value is -5.87. The summed E-state index contributed by atoms with van der Waals surface area (Å²) >= 11 is 0. The number of amidine groups is 1. The predicted octanol–water partition coefficient (Wildman–Crippen LogP) is 2.10. The van der Waals surface area contributed by atoms with Crippen LogP contribution in [-0.4, -0.2) is 68.2 Å². The van der Waals surface area contributed by atoms with E-state index in [0.717, 1.165) is 0 Å². The summed E-state index contributed by atoms with van der Waals surface area (Å²) in [6.07, 6.45) is 4.49. The van der Waals surface area contributed by atoms with Crippen LogP contribution in [0.2, 0.25) is 0 Å². The van der Waals surface area contributed by atoms with Gasteiger partial charge in [-0.05, 0) is 30.3 Å². The number of nitrogen functional groups attached to an aromatic ring is 1. The van der Waals surface area contributed by atoms with E-state index in [4.69, 9.17) is 21.6 Å². The van der Waals surface area contributed by atoms with Gasteiger partial charge in [0.1, 0.15) is 23.2 Å². The van der Waals surface area contributed by atoms with Crippen molar-refractivity contribution in [2.45, 2.75) is 12.5 Å². The van der Waals surface area contributed by atoms with E-state index in [2.05, 4.69) is 21.3 Å². The van der Waals surface area contributed by atoms with E-state index in [-0.39, 0.29) is 65.5 Å². The number of nitrogens with two attached hydrogens (primary N) is 2. The first kappa shape index (κ1) is 35.0. The minimum absolute atomic E-state index is 0. The molecule has 1 saturated heterocycles. The molecule has 0 radical (unpaired) electrons. The second-order valence-electron chi connectivity index (χ2n) is 11.1. The molecule has 1 aliphatic heterocycles. The van der Waals surface area contributed by atoms with Gasteiger partial charge in [0.25, 0.3) is 23.6 Å². The van der Waals surface area contributed by atoms with Gasteiger partial charge in [-0.3, -0.25) is 29.4 Å². The molecule has 0 spiro atoms. The molecule has 4 heterocycles. The molecule has 1 unspecified atom stereocenters. The van der Waals surface area contributed by atoms with E-state index in [1.807, 2.05) is 0 Å². The van der Waals surface area contributed by atoms with Crippen LogP contribution in [0, 0.1) is 5.41 Å². The van der Waals surface area contributed by atoms with Crippen LogP contribution in [0.5, 0.6) is 0 Å². The number of aromatic nitrogens is 3. The number of benzene rings is 1. The Morgan fingerprint density at radius 1 is 0.792 bits per heavy atom. The van der Waals surface area contributed by atoms with Gasteiger partial charge < -0.3 is 51.2 Å². The Morgan fingerprint density at radius 3 is 1.69 bits per heavy atom. The molecule has 0 saturated carbocycles. The number of carbonyl (C=O) groups excluding carboxylic acids is 5. The molecule has 1 aliphatic rings. The Kier molecular flexibility index (Phi) is 10.4. The smallest absolute Gasteiger partial charge is 0.272 e. The summed E-state index contributed by atoms with van der Waals surface area (Å²) in [7, 11) is 4.95. The molecular formula is C31H35ClN10O6. The first-order chi connectivity index (χ1) is 22.3. The molecule has 0 bridgehead atoms. The summed E-state index contributed by atoms with van der Waals surface area (Å²) in [5.74, 6) is -2.08. The highest BCUT2D eigenvalue weighted by atomic mass is 35.5. The summed E-state index contributed by atoms with van der Waals surface area (Å²) in [5.41, 5.74) is 13.9. The maximum absolute atomic E-state index is 13.1. The van der Waals surface area contributed by atoms with Gasteiger partial charge in [-0.1, -0.05) is 6.07 Å². The molecule has 48 heavy (non-hydrogen) atoms. The minimum atomic E-state index is -0.514. The summed E-state index contributed by atoms with van der Waals surface area (Å²) in [6, 6.07) is 8.94. The highest BCUT2D eigenvalue weighted by Crippen LogP contribution is 2.23. The van der Waals surface area contributed by atoms with Crippen molar-refractivity contribution >= 4 is 70.4 Å².